The molecule has 12 nitrogen and oxygen atoms in total. The maximum Gasteiger partial charge on any atom is 0.410 e. The summed E-state index contributed by atoms with van der Waals surface area (Å²) in [5.74, 6) is -0.0736. The van der Waals surface area contributed by atoms with E-state index >= 15 is 0 Å². The number of piperazine rings is 1. The number of anilines is 3. The number of carbonyl (C=O) groups excluding carboxylic acids is 3. The van der Waals surface area contributed by atoms with Gasteiger partial charge in [-0.3, -0.25) is 4.79 Å². The Hall–Kier alpha value is -4.29. The second-order valence-electron chi connectivity index (χ2n) is 11.7. The van der Waals surface area contributed by atoms with E-state index < -0.39 is 12.2 Å². The third-order valence-electron chi connectivity index (χ3n) is 8.84. The van der Waals surface area contributed by atoms with Crippen LogP contribution in [0.1, 0.15) is 24.0 Å². The molecule has 2 saturated heterocycles. The van der Waals surface area contributed by atoms with Crippen molar-refractivity contribution in [3.8, 4) is 0 Å². The number of nitrogens with zero attached hydrogens (tertiary/aromatic N) is 6. The Labute approximate surface area is 277 Å². The number of likely N-dealkylation sites (tertiary alicyclic amines) is 1. The van der Waals surface area contributed by atoms with Crippen LogP contribution in [0.15, 0.2) is 54.9 Å². The number of piperidine rings is 1. The minimum absolute atomic E-state index is 0.00486. The summed E-state index contributed by atoms with van der Waals surface area (Å²) in [6.45, 7) is 3.44. The number of carbonyl (C=O) groups is 3. The average molecular weight is 668 g/mol. The van der Waals surface area contributed by atoms with E-state index in [1.165, 1.54) is 0 Å². The van der Waals surface area contributed by atoms with Crippen molar-refractivity contribution in [2.24, 2.45) is 0 Å². The average Bonchev–Trinajstić information content (AvgIpc) is 3.24. The predicted molar refractivity (Wildman–Crippen MR) is 176 cm³/mol. The van der Waals surface area contributed by atoms with Crippen molar-refractivity contribution < 1.29 is 19.1 Å². The molecule has 46 heavy (non-hydrogen) atoms. The number of hydrogen-bond donors (Lipinski definition) is 2. The van der Waals surface area contributed by atoms with Crippen LogP contribution in [0.25, 0.3) is 0 Å². The van der Waals surface area contributed by atoms with Crippen LogP contribution in [0.5, 0.6) is 0 Å². The molecule has 242 valence electrons. The Balaban J connectivity index is 1.08. The van der Waals surface area contributed by atoms with Gasteiger partial charge >= 0.3 is 12.1 Å². The zero-order valence-electron chi connectivity index (χ0n) is 25.3. The fourth-order valence-electron chi connectivity index (χ4n) is 6.24. The van der Waals surface area contributed by atoms with Crippen LogP contribution in [0.2, 0.25) is 10.0 Å². The highest BCUT2D eigenvalue weighted by molar-refractivity contribution is 6.42. The van der Waals surface area contributed by atoms with Crippen molar-refractivity contribution in [1.82, 2.24) is 24.7 Å². The van der Waals surface area contributed by atoms with Gasteiger partial charge in [-0.25, -0.2) is 19.6 Å². The van der Waals surface area contributed by atoms with Crippen LogP contribution in [-0.2, 0) is 22.4 Å². The number of amides is 4. The Kier molecular flexibility index (Phi) is 9.64. The van der Waals surface area contributed by atoms with Gasteiger partial charge in [-0.15, -0.1) is 0 Å². The second-order valence-corrected chi connectivity index (χ2v) is 12.5. The van der Waals surface area contributed by atoms with Crippen LogP contribution in [0.3, 0.4) is 0 Å². The van der Waals surface area contributed by atoms with Gasteiger partial charge in [0.05, 0.1) is 28.1 Å². The molecule has 0 bridgehead atoms. The van der Waals surface area contributed by atoms with Gasteiger partial charge in [0.25, 0.3) is 5.91 Å². The molecular formula is C32H36Cl2N8O4. The SMILES string of the molecule is Nc1ncc(N2CCN(C(=O)C(Cc3ccc(Cl)c(Cl)c3)OC(=O)N3CCC(N4CCc5ccccc5NC4=O)CC3)CC2)cn1. The molecule has 1 aromatic heterocycles. The van der Waals surface area contributed by atoms with Crippen molar-refractivity contribution >= 4 is 58.6 Å². The van der Waals surface area contributed by atoms with Crippen LogP contribution in [0.4, 0.5) is 26.9 Å². The van der Waals surface area contributed by atoms with E-state index in [9.17, 15) is 14.4 Å². The van der Waals surface area contributed by atoms with Crippen LogP contribution in [0, 0.1) is 0 Å². The van der Waals surface area contributed by atoms with E-state index in [1.54, 1.807) is 40.4 Å². The number of aromatic nitrogens is 2. The summed E-state index contributed by atoms with van der Waals surface area (Å²) in [6.07, 6.45) is 3.86. The van der Waals surface area contributed by atoms with E-state index in [0.29, 0.717) is 68.7 Å². The van der Waals surface area contributed by atoms with Crippen molar-refractivity contribution in [2.45, 2.75) is 37.8 Å². The number of benzene rings is 2. The number of nitrogens with one attached hydrogen (secondary N) is 1. The van der Waals surface area contributed by atoms with E-state index in [-0.39, 0.29) is 30.3 Å². The Bertz CT molecular complexity index is 1580. The van der Waals surface area contributed by atoms with Gasteiger partial charge in [-0.05, 0) is 48.6 Å². The van der Waals surface area contributed by atoms with Gasteiger partial charge in [0.2, 0.25) is 5.95 Å². The number of ether oxygens (including phenoxy) is 1. The monoisotopic (exact) mass is 666 g/mol. The van der Waals surface area contributed by atoms with Gasteiger partial charge in [0.15, 0.2) is 6.10 Å². The van der Waals surface area contributed by atoms with E-state index in [0.717, 1.165) is 28.9 Å². The molecule has 0 saturated carbocycles. The lowest BCUT2D eigenvalue weighted by Gasteiger charge is -2.39. The molecule has 0 aliphatic carbocycles. The highest BCUT2D eigenvalue weighted by Gasteiger charge is 2.35. The summed E-state index contributed by atoms with van der Waals surface area (Å²) in [7, 11) is 0. The number of urea groups is 1. The molecule has 3 N–H and O–H groups in total. The Morgan fingerprint density at radius 1 is 0.935 bits per heavy atom. The van der Waals surface area contributed by atoms with Crippen LogP contribution in [-0.4, -0.2) is 101 Å². The first kappa shape index (κ1) is 31.7. The second kappa shape index (κ2) is 14.0. The highest BCUT2D eigenvalue weighted by Crippen LogP contribution is 2.27. The molecule has 0 spiro atoms. The Morgan fingerprint density at radius 2 is 1.65 bits per heavy atom. The standard InChI is InChI=1S/C32H36Cl2N8O4/c33-25-6-5-21(17-26(25)34)18-28(29(43)40-15-13-39(14-16-40)24-19-36-30(35)37-20-24)46-32(45)41-10-8-23(9-11-41)42-12-7-22-3-1-2-4-27(22)38-31(42)44/h1-6,17,19-20,23,28H,7-16,18H2,(H,38,44)(H2,35,36,37). The quantitative estimate of drug-likeness (QED) is 0.397. The maximum atomic E-state index is 13.8. The van der Waals surface area contributed by atoms with Gasteiger partial charge in [0.1, 0.15) is 0 Å². The molecule has 2 aromatic carbocycles. The summed E-state index contributed by atoms with van der Waals surface area (Å²) in [6, 6.07) is 12.8. The molecule has 3 aromatic rings. The van der Waals surface area contributed by atoms with Crippen molar-refractivity contribution in [1.29, 1.82) is 0 Å². The third-order valence-corrected chi connectivity index (χ3v) is 9.58. The summed E-state index contributed by atoms with van der Waals surface area (Å²) in [5, 5.41) is 3.79. The smallest absolute Gasteiger partial charge is 0.410 e. The largest absolute Gasteiger partial charge is 0.436 e. The molecule has 3 aliphatic heterocycles. The van der Waals surface area contributed by atoms with E-state index in [1.807, 2.05) is 29.2 Å². The summed E-state index contributed by atoms with van der Waals surface area (Å²) in [4.78, 5) is 55.8. The lowest BCUT2D eigenvalue weighted by molar-refractivity contribution is -0.141. The minimum atomic E-state index is -1.05. The molecule has 2 fully saturated rings. The molecule has 0 radical (unpaired) electrons. The fraction of sp³-hybridized carbons (Fsp3) is 0.406. The topological polar surface area (TPSA) is 137 Å². The minimum Gasteiger partial charge on any atom is -0.436 e. The van der Waals surface area contributed by atoms with Crippen molar-refractivity contribution in [3.05, 3.63) is 76.0 Å². The molecule has 6 rings (SSSR count). The third kappa shape index (κ3) is 7.23. The van der Waals surface area contributed by atoms with E-state index in [4.69, 9.17) is 33.7 Å². The number of nitrogen functional groups attached to an aromatic ring is 1. The first-order chi connectivity index (χ1) is 22.2. The predicted octanol–water partition coefficient (Wildman–Crippen LogP) is 4.32. The summed E-state index contributed by atoms with van der Waals surface area (Å²) in [5.41, 5.74) is 9.12. The molecular weight excluding hydrogens is 631 g/mol. The Morgan fingerprint density at radius 3 is 2.37 bits per heavy atom. The zero-order valence-corrected chi connectivity index (χ0v) is 26.8. The van der Waals surface area contributed by atoms with Crippen LogP contribution >= 0.6 is 23.2 Å². The van der Waals surface area contributed by atoms with Crippen molar-refractivity contribution in [3.63, 3.8) is 0 Å². The van der Waals surface area contributed by atoms with Gasteiger partial charge in [-0.1, -0.05) is 47.5 Å². The fourth-order valence-corrected chi connectivity index (χ4v) is 6.56. The number of para-hydroxylation sites is 1. The zero-order chi connectivity index (χ0) is 32.2. The highest BCUT2D eigenvalue weighted by atomic mass is 35.5. The first-order valence-corrected chi connectivity index (χ1v) is 16.2. The maximum absolute atomic E-state index is 13.8. The van der Waals surface area contributed by atoms with Crippen molar-refractivity contribution in [2.75, 3.05) is 61.8 Å². The van der Waals surface area contributed by atoms with E-state index in [2.05, 4.69) is 20.2 Å². The number of hydrogen-bond acceptors (Lipinski definition) is 8. The summed E-state index contributed by atoms with van der Waals surface area (Å²) >= 11 is 12.4. The molecule has 3 aliphatic rings. The number of halogens is 2. The molecule has 4 amide bonds. The number of nitrogens with two attached hydrogens (primary N) is 1. The number of fused-ring (bicyclic) bond motifs is 1. The normalized spacial score (nSPS) is 18.0. The number of rotatable bonds is 6. The van der Waals surface area contributed by atoms with Gasteiger partial charge < -0.3 is 35.4 Å². The van der Waals surface area contributed by atoms with Gasteiger partial charge in [0, 0.05) is 64.0 Å². The lowest BCUT2D eigenvalue weighted by atomic mass is 10.0. The van der Waals surface area contributed by atoms with Gasteiger partial charge in [-0.2, -0.15) is 0 Å². The molecule has 1 atom stereocenters. The molecule has 14 heteroatoms. The first-order valence-electron chi connectivity index (χ1n) is 15.4. The summed E-state index contributed by atoms with van der Waals surface area (Å²) < 4.78 is 5.95. The lowest BCUT2D eigenvalue weighted by Crippen LogP contribution is -2.54. The molecule has 4 heterocycles. The molecule has 1 unspecified atom stereocenters. The van der Waals surface area contributed by atoms with Crippen LogP contribution < -0.4 is 16.0 Å².